The number of carbonyl (C=O) groups excluding carboxylic acids is 1. The lowest BCUT2D eigenvalue weighted by Crippen LogP contribution is -2.33. The van der Waals surface area contributed by atoms with Crippen LogP contribution in [0.1, 0.15) is 6.42 Å². The lowest BCUT2D eigenvalue weighted by molar-refractivity contribution is -0.141. The maximum atomic E-state index is 12.9. The number of carboxylic acid groups (broad SMARTS) is 1. The van der Waals surface area contributed by atoms with Gasteiger partial charge >= 0.3 is 5.97 Å². The van der Waals surface area contributed by atoms with Crippen molar-refractivity contribution in [2.45, 2.75) is 6.42 Å². The first-order valence-electron chi connectivity index (χ1n) is 6.06. The summed E-state index contributed by atoms with van der Waals surface area (Å²) in [6.07, 6.45) is 0.448. The summed E-state index contributed by atoms with van der Waals surface area (Å²) in [5, 5.41) is 8.78. The first-order chi connectivity index (χ1) is 9.47. The maximum Gasteiger partial charge on any atom is 0.308 e. The predicted octanol–water partition coefficient (Wildman–Crippen LogP) is 1.79. The van der Waals surface area contributed by atoms with Crippen LogP contribution in [-0.2, 0) is 9.59 Å². The van der Waals surface area contributed by atoms with E-state index in [0.717, 1.165) is 6.07 Å². The van der Waals surface area contributed by atoms with Crippen molar-refractivity contribution in [2.24, 2.45) is 5.92 Å². The minimum atomic E-state index is -0.897. The molecule has 0 unspecified atom stereocenters. The third-order valence-electron chi connectivity index (χ3n) is 3.14. The molecular weight excluding hydrogens is 289 g/mol. The highest BCUT2D eigenvalue weighted by Crippen LogP contribution is 2.21. The molecule has 0 saturated carbocycles. The zero-order valence-corrected chi connectivity index (χ0v) is 11.3. The number of carboxylic acids is 1. The molecule has 0 spiro atoms. The zero-order chi connectivity index (χ0) is 14.7. The van der Waals surface area contributed by atoms with Crippen LogP contribution in [0, 0.1) is 11.7 Å². The Morgan fingerprint density at radius 2 is 2.25 bits per heavy atom. The lowest BCUT2D eigenvalue weighted by Gasteiger charge is -2.16. The number of aliphatic carboxylic acids is 1. The molecule has 7 heteroatoms. The van der Waals surface area contributed by atoms with E-state index in [1.165, 1.54) is 17.0 Å². The monoisotopic (exact) mass is 301 g/mol. The van der Waals surface area contributed by atoms with Crippen LogP contribution in [0.25, 0.3) is 0 Å². The van der Waals surface area contributed by atoms with E-state index in [0.29, 0.717) is 18.7 Å². The van der Waals surface area contributed by atoms with Crippen LogP contribution in [0.4, 0.5) is 4.39 Å². The molecule has 1 fully saturated rings. The van der Waals surface area contributed by atoms with Crippen molar-refractivity contribution in [3.63, 3.8) is 0 Å². The van der Waals surface area contributed by atoms with Gasteiger partial charge < -0.3 is 14.7 Å². The molecule has 20 heavy (non-hydrogen) atoms. The van der Waals surface area contributed by atoms with E-state index in [1.54, 1.807) is 0 Å². The Morgan fingerprint density at radius 1 is 1.50 bits per heavy atom. The maximum absolute atomic E-state index is 12.9. The zero-order valence-electron chi connectivity index (χ0n) is 10.5. The van der Waals surface area contributed by atoms with E-state index >= 15 is 0 Å². The molecule has 1 aromatic carbocycles. The third kappa shape index (κ3) is 3.39. The Balaban J connectivity index is 1.86. The van der Waals surface area contributed by atoms with Crippen molar-refractivity contribution in [1.29, 1.82) is 0 Å². The van der Waals surface area contributed by atoms with Gasteiger partial charge in [0.25, 0.3) is 5.91 Å². The molecule has 1 amide bonds. The van der Waals surface area contributed by atoms with E-state index in [9.17, 15) is 14.0 Å². The summed E-state index contributed by atoms with van der Waals surface area (Å²) in [6, 6.07) is 3.81. The van der Waals surface area contributed by atoms with Crippen LogP contribution >= 0.6 is 11.6 Å². The number of hydrogen-bond donors (Lipinski definition) is 1. The first kappa shape index (κ1) is 14.6. The second-order valence-corrected chi connectivity index (χ2v) is 4.94. The second-order valence-electron chi connectivity index (χ2n) is 4.53. The fourth-order valence-corrected chi connectivity index (χ4v) is 2.16. The van der Waals surface area contributed by atoms with Crippen molar-refractivity contribution in [3.05, 3.63) is 29.0 Å². The largest absolute Gasteiger partial charge is 0.484 e. The number of halogens is 2. The average molecular weight is 302 g/mol. The van der Waals surface area contributed by atoms with Crippen LogP contribution < -0.4 is 4.74 Å². The SMILES string of the molecule is O=C(O)[C@H]1CCN(C(=O)COc2ccc(F)c(Cl)c2)C1. The Kier molecular flexibility index (Phi) is 4.44. The molecule has 0 aliphatic carbocycles. The molecule has 1 N–H and O–H groups in total. The smallest absolute Gasteiger partial charge is 0.308 e. The van der Waals surface area contributed by atoms with E-state index in [1.807, 2.05) is 0 Å². The number of amides is 1. The van der Waals surface area contributed by atoms with Crippen LogP contribution in [0.15, 0.2) is 18.2 Å². The van der Waals surface area contributed by atoms with Gasteiger partial charge in [-0.3, -0.25) is 9.59 Å². The minimum Gasteiger partial charge on any atom is -0.484 e. The second kappa shape index (κ2) is 6.09. The first-order valence-corrected chi connectivity index (χ1v) is 6.43. The van der Waals surface area contributed by atoms with Gasteiger partial charge in [-0.2, -0.15) is 0 Å². The van der Waals surface area contributed by atoms with Gasteiger partial charge in [-0.1, -0.05) is 11.6 Å². The average Bonchev–Trinajstić information content (AvgIpc) is 2.89. The number of hydrogen-bond acceptors (Lipinski definition) is 3. The number of carbonyl (C=O) groups is 2. The van der Waals surface area contributed by atoms with Crippen molar-refractivity contribution in [3.8, 4) is 5.75 Å². The van der Waals surface area contributed by atoms with Crippen molar-refractivity contribution < 1.29 is 23.8 Å². The van der Waals surface area contributed by atoms with Crippen molar-refractivity contribution in [1.82, 2.24) is 4.90 Å². The summed E-state index contributed by atoms with van der Waals surface area (Å²) in [4.78, 5) is 24.1. The quantitative estimate of drug-likeness (QED) is 0.921. The van der Waals surface area contributed by atoms with Gasteiger partial charge in [0, 0.05) is 19.2 Å². The molecule has 1 saturated heterocycles. The van der Waals surface area contributed by atoms with Gasteiger partial charge in [0.05, 0.1) is 10.9 Å². The summed E-state index contributed by atoms with van der Waals surface area (Å²) in [5.41, 5.74) is 0. The molecule has 1 aliphatic heterocycles. The highest BCUT2D eigenvalue weighted by Gasteiger charge is 2.30. The number of nitrogens with zero attached hydrogens (tertiary/aromatic N) is 1. The van der Waals surface area contributed by atoms with Crippen LogP contribution in [0.2, 0.25) is 5.02 Å². The van der Waals surface area contributed by atoms with Crippen molar-refractivity contribution in [2.75, 3.05) is 19.7 Å². The number of benzene rings is 1. The molecule has 2 rings (SSSR count). The Hall–Kier alpha value is -1.82. The van der Waals surface area contributed by atoms with E-state index < -0.39 is 17.7 Å². The van der Waals surface area contributed by atoms with Gasteiger partial charge in [0.15, 0.2) is 6.61 Å². The summed E-state index contributed by atoms with van der Waals surface area (Å²) >= 11 is 5.59. The molecule has 0 aromatic heterocycles. The molecule has 1 atom stereocenters. The van der Waals surface area contributed by atoms with Gasteiger partial charge in [-0.25, -0.2) is 4.39 Å². The van der Waals surface area contributed by atoms with E-state index in [2.05, 4.69) is 0 Å². The Morgan fingerprint density at radius 3 is 2.85 bits per heavy atom. The van der Waals surface area contributed by atoms with Crippen LogP contribution in [0.3, 0.4) is 0 Å². The van der Waals surface area contributed by atoms with Crippen LogP contribution in [0.5, 0.6) is 5.75 Å². The molecule has 1 heterocycles. The van der Waals surface area contributed by atoms with Gasteiger partial charge in [0.1, 0.15) is 11.6 Å². The van der Waals surface area contributed by atoms with Gasteiger partial charge in [-0.05, 0) is 18.6 Å². The summed E-state index contributed by atoms with van der Waals surface area (Å²) in [6.45, 7) is 0.374. The Bertz CT molecular complexity index is 537. The minimum absolute atomic E-state index is 0.0814. The molecule has 5 nitrogen and oxygen atoms in total. The van der Waals surface area contributed by atoms with Crippen LogP contribution in [-0.4, -0.2) is 41.6 Å². The normalized spacial score (nSPS) is 18.1. The van der Waals surface area contributed by atoms with Gasteiger partial charge in [0.2, 0.25) is 0 Å². The van der Waals surface area contributed by atoms with Crippen molar-refractivity contribution >= 4 is 23.5 Å². The van der Waals surface area contributed by atoms with E-state index in [4.69, 9.17) is 21.4 Å². The summed E-state index contributed by atoms with van der Waals surface area (Å²) in [7, 11) is 0. The lowest BCUT2D eigenvalue weighted by atomic mass is 10.1. The Labute approximate surface area is 119 Å². The number of ether oxygens (including phenoxy) is 1. The topological polar surface area (TPSA) is 66.8 Å². The highest BCUT2D eigenvalue weighted by molar-refractivity contribution is 6.30. The fourth-order valence-electron chi connectivity index (χ4n) is 1.99. The molecule has 108 valence electrons. The van der Waals surface area contributed by atoms with Gasteiger partial charge in [-0.15, -0.1) is 0 Å². The molecular formula is C13H13ClFNO4. The van der Waals surface area contributed by atoms with E-state index in [-0.39, 0.29) is 24.1 Å². The third-order valence-corrected chi connectivity index (χ3v) is 3.43. The summed E-state index contributed by atoms with van der Waals surface area (Å²) < 4.78 is 18.2. The molecule has 1 aliphatic rings. The summed E-state index contributed by atoms with van der Waals surface area (Å²) in [5.74, 6) is -1.98. The fraction of sp³-hybridized carbons (Fsp3) is 0.385. The molecule has 0 bridgehead atoms. The molecule has 1 aromatic rings. The number of rotatable bonds is 4. The standard InChI is InChI=1S/C13H13ClFNO4/c14-10-5-9(1-2-11(10)15)20-7-12(17)16-4-3-8(6-16)13(18)19/h1-2,5,8H,3-4,6-7H2,(H,18,19)/t8-/m0/s1. The highest BCUT2D eigenvalue weighted by atomic mass is 35.5. The molecule has 0 radical (unpaired) electrons. The number of likely N-dealkylation sites (tertiary alicyclic amines) is 1. The predicted molar refractivity (Wildman–Crippen MR) is 69.2 cm³/mol.